The molecule has 5 nitrogen and oxygen atoms in total. The Balaban J connectivity index is 1.44. The van der Waals surface area contributed by atoms with E-state index in [0.29, 0.717) is 29.3 Å². The molecule has 0 spiro atoms. The van der Waals surface area contributed by atoms with E-state index >= 15 is 0 Å². The third-order valence-electron chi connectivity index (χ3n) is 6.42. The molecule has 0 unspecified atom stereocenters. The number of nitrogens with zero attached hydrogens (tertiary/aromatic N) is 3. The highest BCUT2D eigenvalue weighted by Gasteiger charge is 2.25. The van der Waals surface area contributed by atoms with E-state index in [1.807, 2.05) is 24.1 Å². The second-order valence-corrected chi connectivity index (χ2v) is 9.01. The Labute approximate surface area is 174 Å². The minimum atomic E-state index is 0.134. The van der Waals surface area contributed by atoms with Gasteiger partial charge in [-0.15, -0.1) is 0 Å². The van der Waals surface area contributed by atoms with E-state index in [1.165, 1.54) is 12.8 Å². The van der Waals surface area contributed by atoms with Crippen LogP contribution in [0.25, 0.3) is 0 Å². The molecule has 1 N–H and O–H groups in total. The number of piperidine rings is 2. The molecule has 1 aromatic carbocycles. The molecule has 6 heteroatoms. The van der Waals surface area contributed by atoms with Crippen LogP contribution in [-0.2, 0) is 11.3 Å². The molecule has 0 saturated carbocycles. The predicted molar refractivity (Wildman–Crippen MR) is 114 cm³/mol. The Kier molecular flexibility index (Phi) is 7.61. The van der Waals surface area contributed by atoms with Crippen molar-refractivity contribution < 1.29 is 9.90 Å². The number of phenolic OH excluding ortho intramolecular Hbond substituents is 1. The summed E-state index contributed by atoms with van der Waals surface area (Å²) in [6.45, 7) is 5.13. The van der Waals surface area contributed by atoms with E-state index in [0.717, 1.165) is 57.5 Å². The van der Waals surface area contributed by atoms with Gasteiger partial charge in [0.05, 0.1) is 5.02 Å². The van der Waals surface area contributed by atoms with Crippen LogP contribution in [0, 0.1) is 5.92 Å². The van der Waals surface area contributed by atoms with Crippen LogP contribution in [0.4, 0.5) is 0 Å². The van der Waals surface area contributed by atoms with Crippen LogP contribution in [0.2, 0.25) is 5.02 Å². The first-order valence-corrected chi connectivity index (χ1v) is 10.9. The molecular weight excluding hydrogens is 374 g/mol. The van der Waals surface area contributed by atoms with Gasteiger partial charge in [0.1, 0.15) is 5.75 Å². The van der Waals surface area contributed by atoms with Crippen molar-refractivity contribution in [2.45, 2.75) is 51.1 Å². The first-order chi connectivity index (χ1) is 13.4. The molecule has 1 aromatic rings. The maximum atomic E-state index is 12.7. The van der Waals surface area contributed by atoms with Crippen molar-refractivity contribution in [1.82, 2.24) is 14.7 Å². The van der Waals surface area contributed by atoms with E-state index in [9.17, 15) is 9.90 Å². The Morgan fingerprint density at radius 3 is 2.71 bits per heavy atom. The fourth-order valence-electron chi connectivity index (χ4n) is 4.53. The SMILES string of the molecule is CN1CCC(N(C)C(=O)CC[C@@H]2CCCN(Cc3ccc(O)c(Cl)c3)C2)CC1. The van der Waals surface area contributed by atoms with Gasteiger partial charge in [-0.3, -0.25) is 9.69 Å². The lowest BCUT2D eigenvalue weighted by atomic mass is 9.92. The average molecular weight is 408 g/mol. The topological polar surface area (TPSA) is 47.0 Å². The van der Waals surface area contributed by atoms with Gasteiger partial charge in [0.25, 0.3) is 0 Å². The first-order valence-electron chi connectivity index (χ1n) is 10.6. The molecular formula is C22H34ClN3O2. The van der Waals surface area contributed by atoms with Crippen molar-refractivity contribution in [3.63, 3.8) is 0 Å². The zero-order valence-electron chi connectivity index (χ0n) is 17.2. The molecule has 0 aromatic heterocycles. The van der Waals surface area contributed by atoms with Crippen molar-refractivity contribution in [3.05, 3.63) is 28.8 Å². The van der Waals surface area contributed by atoms with Crippen LogP contribution in [0.1, 0.15) is 44.1 Å². The lowest BCUT2D eigenvalue weighted by Crippen LogP contribution is -2.44. The number of hydrogen-bond acceptors (Lipinski definition) is 4. The number of hydrogen-bond donors (Lipinski definition) is 1. The maximum absolute atomic E-state index is 12.7. The van der Waals surface area contributed by atoms with Crippen molar-refractivity contribution in [3.8, 4) is 5.75 Å². The van der Waals surface area contributed by atoms with Gasteiger partial charge in [-0.05, 0) is 82.4 Å². The number of aromatic hydroxyl groups is 1. The maximum Gasteiger partial charge on any atom is 0.222 e. The summed E-state index contributed by atoms with van der Waals surface area (Å²) in [5.41, 5.74) is 1.13. The number of carbonyl (C=O) groups is 1. The van der Waals surface area contributed by atoms with Gasteiger partial charge in [0.2, 0.25) is 5.91 Å². The number of rotatable bonds is 6. The normalized spacial score (nSPS) is 22.3. The number of benzene rings is 1. The summed E-state index contributed by atoms with van der Waals surface area (Å²) in [6, 6.07) is 5.85. The lowest BCUT2D eigenvalue weighted by molar-refractivity contribution is -0.133. The summed E-state index contributed by atoms with van der Waals surface area (Å²) in [5, 5.41) is 9.99. The third kappa shape index (κ3) is 5.85. The quantitative estimate of drug-likeness (QED) is 0.782. The number of halogens is 1. The summed E-state index contributed by atoms with van der Waals surface area (Å²) >= 11 is 6.03. The summed E-state index contributed by atoms with van der Waals surface area (Å²) in [7, 11) is 4.14. The fourth-order valence-corrected chi connectivity index (χ4v) is 4.73. The highest BCUT2D eigenvalue weighted by Crippen LogP contribution is 2.27. The zero-order valence-corrected chi connectivity index (χ0v) is 18.0. The van der Waals surface area contributed by atoms with Crippen molar-refractivity contribution in [1.29, 1.82) is 0 Å². The molecule has 0 aliphatic carbocycles. The fraction of sp³-hybridized carbons (Fsp3) is 0.682. The molecule has 2 aliphatic rings. The molecule has 156 valence electrons. The molecule has 0 bridgehead atoms. The Hall–Kier alpha value is -1.30. The van der Waals surface area contributed by atoms with Gasteiger partial charge < -0.3 is 14.9 Å². The molecule has 1 amide bonds. The van der Waals surface area contributed by atoms with Gasteiger partial charge in [0.15, 0.2) is 0 Å². The minimum absolute atomic E-state index is 0.134. The monoisotopic (exact) mass is 407 g/mol. The Morgan fingerprint density at radius 2 is 2.00 bits per heavy atom. The standard InChI is InChI=1S/C22H34ClN3O2/c1-24-12-9-19(10-13-24)25(2)22(28)8-6-17-4-3-11-26(15-17)16-18-5-7-21(27)20(23)14-18/h5,7,14,17,19,27H,3-4,6,8-13,15-16H2,1-2H3/t17-/m0/s1. The van der Waals surface area contributed by atoms with Gasteiger partial charge in [-0.2, -0.15) is 0 Å². The number of carbonyl (C=O) groups excluding carboxylic acids is 1. The zero-order chi connectivity index (χ0) is 20.1. The van der Waals surface area contributed by atoms with Crippen molar-refractivity contribution >= 4 is 17.5 Å². The van der Waals surface area contributed by atoms with Crippen LogP contribution in [-0.4, -0.2) is 72.0 Å². The summed E-state index contributed by atoms with van der Waals surface area (Å²) < 4.78 is 0. The molecule has 2 saturated heterocycles. The van der Waals surface area contributed by atoms with Crippen LogP contribution < -0.4 is 0 Å². The predicted octanol–water partition coefficient (Wildman–Crippen LogP) is 3.59. The van der Waals surface area contributed by atoms with E-state index in [-0.39, 0.29) is 5.75 Å². The van der Waals surface area contributed by atoms with Crippen LogP contribution in [0.15, 0.2) is 18.2 Å². The summed E-state index contributed by atoms with van der Waals surface area (Å²) in [4.78, 5) is 19.5. The van der Waals surface area contributed by atoms with Crippen LogP contribution in [0.5, 0.6) is 5.75 Å². The summed E-state index contributed by atoms with van der Waals surface area (Å²) in [5.74, 6) is 1.02. The van der Waals surface area contributed by atoms with E-state index in [4.69, 9.17) is 11.6 Å². The second kappa shape index (κ2) is 9.95. The molecule has 2 heterocycles. The number of likely N-dealkylation sites (tertiary alicyclic amines) is 2. The molecule has 0 radical (unpaired) electrons. The van der Waals surface area contributed by atoms with Gasteiger partial charge in [-0.25, -0.2) is 0 Å². The number of phenols is 1. The molecule has 28 heavy (non-hydrogen) atoms. The molecule has 3 rings (SSSR count). The lowest BCUT2D eigenvalue weighted by Gasteiger charge is -2.36. The van der Waals surface area contributed by atoms with Crippen LogP contribution >= 0.6 is 11.6 Å². The highest BCUT2D eigenvalue weighted by molar-refractivity contribution is 6.32. The third-order valence-corrected chi connectivity index (χ3v) is 6.72. The molecule has 1 atom stereocenters. The molecule has 2 fully saturated rings. The van der Waals surface area contributed by atoms with Crippen molar-refractivity contribution in [2.24, 2.45) is 5.92 Å². The van der Waals surface area contributed by atoms with Gasteiger partial charge in [0, 0.05) is 32.6 Å². The highest BCUT2D eigenvalue weighted by atomic mass is 35.5. The van der Waals surface area contributed by atoms with E-state index < -0.39 is 0 Å². The number of amides is 1. The summed E-state index contributed by atoms with van der Waals surface area (Å²) in [6.07, 6.45) is 6.19. The average Bonchev–Trinajstić information content (AvgIpc) is 2.69. The van der Waals surface area contributed by atoms with E-state index in [1.54, 1.807) is 6.07 Å². The van der Waals surface area contributed by atoms with Crippen molar-refractivity contribution in [2.75, 3.05) is 40.3 Å². The first kappa shape index (κ1) is 21.4. The smallest absolute Gasteiger partial charge is 0.222 e. The van der Waals surface area contributed by atoms with Crippen LogP contribution in [0.3, 0.4) is 0 Å². The largest absolute Gasteiger partial charge is 0.506 e. The van der Waals surface area contributed by atoms with Gasteiger partial charge in [-0.1, -0.05) is 17.7 Å². The molecule has 2 aliphatic heterocycles. The van der Waals surface area contributed by atoms with E-state index in [2.05, 4.69) is 16.8 Å². The van der Waals surface area contributed by atoms with Gasteiger partial charge >= 0.3 is 0 Å². The minimum Gasteiger partial charge on any atom is -0.506 e. The Morgan fingerprint density at radius 1 is 1.25 bits per heavy atom. The second-order valence-electron chi connectivity index (χ2n) is 8.61. The Bertz CT molecular complexity index is 661.